The number of hydrogen-bond donors (Lipinski definition) is 0. The van der Waals surface area contributed by atoms with Crippen LogP contribution in [0.3, 0.4) is 0 Å². The van der Waals surface area contributed by atoms with Crippen molar-refractivity contribution >= 4 is 80.3 Å². The van der Waals surface area contributed by atoms with Crippen LogP contribution in [0.4, 0.5) is 43.2 Å². The average molecular weight is 542 g/mol. The molecule has 0 aromatic carbocycles. The van der Waals surface area contributed by atoms with Crippen molar-refractivity contribution in [2.24, 2.45) is 0 Å². The highest BCUT2D eigenvalue weighted by atomic mass is 16.9. The number of carbonyl (C=O) groups excluding carboxylic acids is 13. The Kier molecular flexibility index (Phi) is 12.7. The van der Waals surface area contributed by atoms with Gasteiger partial charge in [0, 0.05) is 0 Å². The summed E-state index contributed by atoms with van der Waals surface area (Å²) in [5.41, 5.74) is 0. The van der Waals surface area contributed by atoms with Gasteiger partial charge in [-0.2, -0.15) is 0 Å². The molecule has 0 aliphatic heterocycles. The Morgan fingerprint density at radius 2 is 0.541 bits per heavy atom. The van der Waals surface area contributed by atoms with E-state index in [9.17, 15) is 62.3 Å². The molecular weight excluding hydrogens is 540 g/mol. The lowest BCUT2D eigenvalue weighted by molar-refractivity contribution is -0.167. The molecule has 0 amide bonds. The molecular formula is C13H2O24. The molecule has 0 radical (unpaired) electrons. The van der Waals surface area contributed by atoms with Crippen molar-refractivity contribution in [3.05, 3.63) is 0 Å². The summed E-state index contributed by atoms with van der Waals surface area (Å²) < 4.78 is 38.2. The summed E-state index contributed by atoms with van der Waals surface area (Å²) in [5, 5.41) is 0. The van der Waals surface area contributed by atoms with Crippen LogP contribution >= 0.6 is 0 Å². The van der Waals surface area contributed by atoms with Crippen LogP contribution in [-0.4, -0.2) is 80.3 Å². The molecule has 0 aromatic heterocycles. The Hall–Kier alpha value is -6.49. The largest absolute Gasteiger partial charge is 0.528 e. The van der Waals surface area contributed by atoms with Crippen molar-refractivity contribution in [2.45, 2.75) is 0 Å². The molecule has 0 spiro atoms. The van der Waals surface area contributed by atoms with Crippen LogP contribution in [0, 0.1) is 0 Å². The lowest BCUT2D eigenvalue weighted by Crippen LogP contribution is -2.27. The molecule has 0 aliphatic carbocycles. The summed E-state index contributed by atoms with van der Waals surface area (Å²) in [6, 6.07) is 0. The Morgan fingerprint density at radius 3 is 0.811 bits per heavy atom. The number of rotatable bonds is 2. The summed E-state index contributed by atoms with van der Waals surface area (Å²) >= 11 is 0. The highest BCUT2D eigenvalue weighted by Gasteiger charge is 2.29. The maximum absolute atomic E-state index is 11.1. The summed E-state index contributed by atoms with van der Waals surface area (Å²) in [6.07, 6.45) is -20.6. The minimum atomic E-state index is -2.40. The van der Waals surface area contributed by atoms with Crippen LogP contribution in [0.15, 0.2) is 0 Å². The maximum Gasteiger partial charge on any atom is 0.528 e. The normalized spacial score (nSPS) is 8.86. The van der Waals surface area contributed by atoms with Gasteiger partial charge >= 0.3 is 80.3 Å². The van der Waals surface area contributed by atoms with Crippen molar-refractivity contribution in [3.63, 3.8) is 0 Å². The van der Waals surface area contributed by atoms with Crippen molar-refractivity contribution < 1.29 is 114 Å². The second kappa shape index (κ2) is 15.4. The van der Waals surface area contributed by atoms with Gasteiger partial charge in [-0.3, -0.25) is 9.59 Å². The van der Waals surface area contributed by atoms with E-state index in [1.807, 2.05) is 0 Å². The fraction of sp³-hybridized carbons (Fsp3) is 0. The highest BCUT2D eigenvalue weighted by Crippen LogP contribution is 2.00. The minimum absolute atomic E-state index is 0.478. The highest BCUT2D eigenvalue weighted by molar-refractivity contribution is 6.32. The molecule has 0 heterocycles. The van der Waals surface area contributed by atoms with Gasteiger partial charge in [0.15, 0.2) is 0 Å². The summed E-state index contributed by atoms with van der Waals surface area (Å²) in [6.45, 7) is -1.00. The molecule has 0 aliphatic rings. The molecule has 37 heavy (non-hydrogen) atoms. The topological polar surface area (TPSA) is 323 Å². The Morgan fingerprint density at radius 1 is 0.297 bits per heavy atom. The summed E-state index contributed by atoms with van der Waals surface area (Å²) in [5.74, 6) is -4.17. The predicted octanol–water partition coefficient (Wildman–Crippen LogP) is -0.385. The second-order valence-corrected chi connectivity index (χ2v) is 4.17. The van der Waals surface area contributed by atoms with Gasteiger partial charge in [-0.05, 0) is 0 Å². The van der Waals surface area contributed by atoms with Gasteiger partial charge in [0.1, 0.15) is 0 Å². The average Bonchev–Trinajstić information content (AvgIpc) is 2.72. The van der Waals surface area contributed by atoms with Crippen molar-refractivity contribution in [1.82, 2.24) is 0 Å². The van der Waals surface area contributed by atoms with Crippen molar-refractivity contribution in [1.29, 1.82) is 0 Å². The third-order valence-electron chi connectivity index (χ3n) is 1.98. The van der Waals surface area contributed by atoms with Gasteiger partial charge in [0.2, 0.25) is 0 Å². The molecule has 0 bridgehead atoms. The van der Waals surface area contributed by atoms with Crippen LogP contribution in [0.1, 0.15) is 0 Å². The molecule has 0 atom stereocenters. The fourth-order valence-electron chi connectivity index (χ4n) is 0.984. The maximum atomic E-state index is 11.1. The quantitative estimate of drug-likeness (QED) is 0.141. The first-order valence-corrected chi connectivity index (χ1v) is 7.52. The molecule has 198 valence electrons. The number of carbonyl (C=O) groups is 13. The minimum Gasteiger partial charge on any atom is -0.387 e. The Labute approximate surface area is 195 Å². The molecule has 0 aromatic rings. The van der Waals surface area contributed by atoms with Crippen LogP contribution in [0.25, 0.3) is 0 Å². The molecule has 24 heteroatoms. The van der Waals surface area contributed by atoms with Gasteiger partial charge < -0.3 is 52.1 Å². The van der Waals surface area contributed by atoms with E-state index in [2.05, 4.69) is 52.1 Å². The van der Waals surface area contributed by atoms with Gasteiger partial charge in [-0.1, -0.05) is 0 Å². The van der Waals surface area contributed by atoms with E-state index in [1.165, 1.54) is 0 Å². The van der Waals surface area contributed by atoms with Crippen LogP contribution in [0.5, 0.6) is 0 Å². The van der Waals surface area contributed by atoms with Gasteiger partial charge in [0.05, 0.1) is 0 Å². The molecule has 0 rings (SSSR count). The van der Waals surface area contributed by atoms with Crippen molar-refractivity contribution in [3.8, 4) is 0 Å². The zero-order chi connectivity index (χ0) is 28.5. The van der Waals surface area contributed by atoms with E-state index in [-0.39, 0.29) is 0 Å². The summed E-state index contributed by atoms with van der Waals surface area (Å²) in [7, 11) is 0. The third-order valence-corrected chi connectivity index (χ3v) is 1.98. The van der Waals surface area contributed by atoms with Crippen molar-refractivity contribution in [2.75, 3.05) is 0 Å². The zero-order valence-corrected chi connectivity index (χ0v) is 16.5. The van der Waals surface area contributed by atoms with Gasteiger partial charge in [0.25, 0.3) is 0 Å². The molecule has 0 saturated carbocycles. The smallest absolute Gasteiger partial charge is 0.387 e. The predicted molar refractivity (Wildman–Crippen MR) is 82.6 cm³/mol. The Balaban J connectivity index is 4.40. The fourth-order valence-corrected chi connectivity index (χ4v) is 0.984. The molecule has 0 N–H and O–H groups in total. The van der Waals surface area contributed by atoms with E-state index >= 15 is 0 Å². The van der Waals surface area contributed by atoms with Gasteiger partial charge in [-0.25, -0.2) is 52.7 Å². The number of esters is 2. The van der Waals surface area contributed by atoms with Crippen LogP contribution in [0.2, 0.25) is 0 Å². The monoisotopic (exact) mass is 542 g/mol. The molecule has 24 nitrogen and oxygen atoms in total. The van der Waals surface area contributed by atoms with Crippen LogP contribution < -0.4 is 0 Å². The van der Waals surface area contributed by atoms with E-state index in [4.69, 9.17) is 0 Å². The molecule has 0 unspecified atom stereocenters. The summed E-state index contributed by atoms with van der Waals surface area (Å²) in [4.78, 5) is 139. The first-order valence-electron chi connectivity index (χ1n) is 7.52. The standard InChI is InChI=1S/C13H2O24/c14-1-27-3(16)4(17)29-6(19)31-8(21)33-10(23)35-12(25)37-13(26)36-11(24)34-9(22)32-7(20)30-5(18)28-2-15/h1-2H. The second-order valence-electron chi connectivity index (χ2n) is 4.17. The lowest BCUT2D eigenvalue weighted by atomic mass is 10.7. The van der Waals surface area contributed by atoms with E-state index in [0.717, 1.165) is 0 Å². The first-order chi connectivity index (χ1) is 17.3. The van der Waals surface area contributed by atoms with Gasteiger partial charge in [-0.15, -0.1) is 0 Å². The SMILES string of the molecule is O=COC(=O)OC(=O)OC(=O)OC(=O)OC(=O)OC(=O)OC(=O)OC(=O)OC(=O)OC(=O)C(=O)OC=O. The van der Waals surface area contributed by atoms with E-state index < -0.39 is 80.3 Å². The molecule has 0 fully saturated rings. The third kappa shape index (κ3) is 14.3. The lowest BCUT2D eigenvalue weighted by Gasteiger charge is -2.04. The van der Waals surface area contributed by atoms with E-state index in [0.29, 0.717) is 0 Å². The van der Waals surface area contributed by atoms with E-state index in [1.54, 1.807) is 0 Å². The zero-order valence-electron chi connectivity index (χ0n) is 16.5. The number of hydrogen-bond acceptors (Lipinski definition) is 24. The van der Waals surface area contributed by atoms with Crippen LogP contribution in [-0.2, 0) is 71.3 Å². The molecule has 0 saturated heterocycles. The first kappa shape index (κ1) is 30.5. The Bertz CT molecular complexity index is 1040. The number of ether oxygens (including phenoxy) is 11.